The molecule has 1 heterocycles. The third-order valence-electron chi connectivity index (χ3n) is 3.23. The van der Waals surface area contributed by atoms with Crippen LogP contribution in [0.15, 0.2) is 24.5 Å². The summed E-state index contributed by atoms with van der Waals surface area (Å²) in [5, 5.41) is 3.42. The number of nitrogens with zero attached hydrogens (tertiary/aromatic N) is 1. The molecule has 82 valence electrons. The monoisotopic (exact) mass is 204 g/mol. The quantitative estimate of drug-likeness (QED) is 0.769. The van der Waals surface area contributed by atoms with Crippen LogP contribution in [0.25, 0.3) is 0 Å². The minimum absolute atomic E-state index is 0.692. The van der Waals surface area contributed by atoms with Crippen molar-refractivity contribution in [3.05, 3.63) is 30.1 Å². The first-order valence-corrected chi connectivity index (χ1v) is 5.94. The van der Waals surface area contributed by atoms with Crippen LogP contribution in [-0.4, -0.2) is 18.1 Å². The molecule has 0 saturated heterocycles. The Bertz CT molecular complexity index is 280. The number of aromatic nitrogens is 1. The van der Waals surface area contributed by atoms with Gasteiger partial charge >= 0.3 is 0 Å². The van der Waals surface area contributed by atoms with Gasteiger partial charge in [0.1, 0.15) is 0 Å². The van der Waals surface area contributed by atoms with E-state index in [-0.39, 0.29) is 0 Å². The number of pyridine rings is 1. The van der Waals surface area contributed by atoms with Crippen molar-refractivity contribution in [1.82, 2.24) is 10.3 Å². The van der Waals surface area contributed by atoms with Crippen LogP contribution in [0.3, 0.4) is 0 Å². The SMILES string of the molecule is CNC(CCc1cccnc1)CC1CC1. The highest BCUT2D eigenvalue weighted by Gasteiger charge is 2.24. The lowest BCUT2D eigenvalue weighted by molar-refractivity contribution is 0.464. The van der Waals surface area contributed by atoms with E-state index in [1.807, 2.05) is 18.5 Å². The number of aryl methyl sites for hydroxylation is 1. The van der Waals surface area contributed by atoms with Gasteiger partial charge in [0.25, 0.3) is 0 Å². The zero-order valence-corrected chi connectivity index (χ0v) is 9.45. The predicted molar refractivity (Wildman–Crippen MR) is 62.7 cm³/mol. The molecule has 1 aromatic heterocycles. The predicted octanol–water partition coefficient (Wildman–Crippen LogP) is 2.40. The summed E-state index contributed by atoms with van der Waals surface area (Å²) in [6.45, 7) is 0. The molecule has 1 aromatic rings. The average molecular weight is 204 g/mol. The van der Waals surface area contributed by atoms with Gasteiger partial charge in [0.05, 0.1) is 0 Å². The molecule has 0 aliphatic heterocycles. The Morgan fingerprint density at radius 2 is 2.40 bits per heavy atom. The largest absolute Gasteiger partial charge is 0.317 e. The molecule has 1 saturated carbocycles. The molecule has 0 spiro atoms. The van der Waals surface area contributed by atoms with Gasteiger partial charge in [-0.2, -0.15) is 0 Å². The standard InChI is InChI=1S/C13H20N2/c1-14-13(9-11-4-5-11)7-6-12-3-2-8-15-10-12/h2-3,8,10-11,13-14H,4-7,9H2,1H3. The van der Waals surface area contributed by atoms with Gasteiger partial charge in [0, 0.05) is 18.4 Å². The van der Waals surface area contributed by atoms with Gasteiger partial charge in [-0.05, 0) is 43.9 Å². The van der Waals surface area contributed by atoms with Gasteiger partial charge in [0.15, 0.2) is 0 Å². The van der Waals surface area contributed by atoms with Crippen LogP contribution in [0.4, 0.5) is 0 Å². The summed E-state index contributed by atoms with van der Waals surface area (Å²) in [5.74, 6) is 1.01. The second-order valence-electron chi connectivity index (χ2n) is 4.56. The maximum Gasteiger partial charge on any atom is 0.0299 e. The van der Waals surface area contributed by atoms with Gasteiger partial charge in [-0.1, -0.05) is 18.9 Å². The molecule has 1 unspecified atom stereocenters. The van der Waals surface area contributed by atoms with Crippen molar-refractivity contribution in [3.8, 4) is 0 Å². The van der Waals surface area contributed by atoms with E-state index in [1.54, 1.807) is 0 Å². The molecule has 2 rings (SSSR count). The first-order valence-electron chi connectivity index (χ1n) is 5.94. The van der Waals surface area contributed by atoms with Gasteiger partial charge in [-0.25, -0.2) is 0 Å². The first-order chi connectivity index (χ1) is 7.38. The van der Waals surface area contributed by atoms with Crippen molar-refractivity contribution in [2.75, 3.05) is 7.05 Å². The summed E-state index contributed by atoms with van der Waals surface area (Å²) >= 11 is 0. The summed E-state index contributed by atoms with van der Waals surface area (Å²) in [6.07, 6.45) is 10.4. The fraction of sp³-hybridized carbons (Fsp3) is 0.615. The minimum Gasteiger partial charge on any atom is -0.317 e. The Morgan fingerprint density at radius 1 is 1.53 bits per heavy atom. The van der Waals surface area contributed by atoms with Crippen molar-refractivity contribution in [2.45, 2.75) is 38.1 Å². The van der Waals surface area contributed by atoms with E-state index in [0.29, 0.717) is 6.04 Å². The van der Waals surface area contributed by atoms with Crippen molar-refractivity contribution >= 4 is 0 Å². The molecular weight excluding hydrogens is 184 g/mol. The molecule has 15 heavy (non-hydrogen) atoms. The van der Waals surface area contributed by atoms with E-state index in [0.717, 1.165) is 12.3 Å². The molecule has 1 N–H and O–H groups in total. The zero-order chi connectivity index (χ0) is 10.5. The molecule has 0 radical (unpaired) electrons. The van der Waals surface area contributed by atoms with Crippen LogP contribution in [0.2, 0.25) is 0 Å². The van der Waals surface area contributed by atoms with Crippen molar-refractivity contribution in [2.24, 2.45) is 5.92 Å². The smallest absolute Gasteiger partial charge is 0.0299 e. The minimum atomic E-state index is 0.692. The highest BCUT2D eigenvalue weighted by molar-refractivity contribution is 5.08. The lowest BCUT2D eigenvalue weighted by atomic mass is 10.0. The highest BCUT2D eigenvalue weighted by Crippen LogP contribution is 2.34. The Hall–Kier alpha value is -0.890. The van der Waals surface area contributed by atoms with Gasteiger partial charge in [-0.3, -0.25) is 4.98 Å². The molecule has 2 heteroatoms. The van der Waals surface area contributed by atoms with Gasteiger partial charge in [-0.15, -0.1) is 0 Å². The third-order valence-corrected chi connectivity index (χ3v) is 3.23. The van der Waals surface area contributed by atoms with E-state index in [2.05, 4.69) is 23.4 Å². The Kier molecular flexibility index (Phi) is 3.73. The molecular formula is C13H20N2. The lowest BCUT2D eigenvalue weighted by Gasteiger charge is -2.15. The molecule has 1 fully saturated rings. The van der Waals surface area contributed by atoms with Crippen LogP contribution in [0.5, 0.6) is 0 Å². The van der Waals surface area contributed by atoms with E-state index in [4.69, 9.17) is 0 Å². The maximum atomic E-state index is 4.14. The van der Waals surface area contributed by atoms with Crippen LogP contribution >= 0.6 is 0 Å². The Morgan fingerprint density at radius 3 is 3.00 bits per heavy atom. The molecule has 2 nitrogen and oxygen atoms in total. The average Bonchev–Trinajstić information content (AvgIpc) is 3.09. The van der Waals surface area contributed by atoms with E-state index < -0.39 is 0 Å². The molecule has 0 amide bonds. The first kappa shape index (κ1) is 10.6. The number of hydrogen-bond acceptors (Lipinski definition) is 2. The summed E-state index contributed by atoms with van der Waals surface area (Å²) < 4.78 is 0. The molecule has 0 aromatic carbocycles. The van der Waals surface area contributed by atoms with Crippen molar-refractivity contribution < 1.29 is 0 Å². The number of rotatable bonds is 6. The Balaban J connectivity index is 1.75. The fourth-order valence-corrected chi connectivity index (χ4v) is 2.02. The van der Waals surface area contributed by atoms with Crippen LogP contribution in [0, 0.1) is 5.92 Å². The zero-order valence-electron chi connectivity index (χ0n) is 9.45. The fourth-order valence-electron chi connectivity index (χ4n) is 2.02. The summed E-state index contributed by atoms with van der Waals surface area (Å²) in [7, 11) is 2.08. The van der Waals surface area contributed by atoms with Crippen molar-refractivity contribution in [1.29, 1.82) is 0 Å². The number of hydrogen-bond donors (Lipinski definition) is 1. The van der Waals surface area contributed by atoms with Crippen LogP contribution in [0.1, 0.15) is 31.2 Å². The molecule has 1 aliphatic rings. The van der Waals surface area contributed by atoms with Crippen LogP contribution in [-0.2, 0) is 6.42 Å². The second kappa shape index (κ2) is 5.26. The van der Waals surface area contributed by atoms with E-state index in [9.17, 15) is 0 Å². The Labute approximate surface area is 92.1 Å². The summed E-state index contributed by atoms with van der Waals surface area (Å²) in [5.41, 5.74) is 1.36. The van der Waals surface area contributed by atoms with E-state index >= 15 is 0 Å². The maximum absolute atomic E-state index is 4.14. The molecule has 1 atom stereocenters. The van der Waals surface area contributed by atoms with Crippen LogP contribution < -0.4 is 5.32 Å². The topological polar surface area (TPSA) is 24.9 Å². The summed E-state index contributed by atoms with van der Waals surface area (Å²) in [6, 6.07) is 4.87. The van der Waals surface area contributed by atoms with Gasteiger partial charge < -0.3 is 5.32 Å². The molecule has 0 bridgehead atoms. The third kappa shape index (κ3) is 3.63. The van der Waals surface area contributed by atoms with Crippen molar-refractivity contribution in [3.63, 3.8) is 0 Å². The van der Waals surface area contributed by atoms with Gasteiger partial charge in [0.2, 0.25) is 0 Å². The lowest BCUT2D eigenvalue weighted by Crippen LogP contribution is -2.26. The number of nitrogens with one attached hydrogen (secondary N) is 1. The second-order valence-corrected chi connectivity index (χ2v) is 4.56. The highest BCUT2D eigenvalue weighted by atomic mass is 14.9. The normalized spacial score (nSPS) is 17.7. The summed E-state index contributed by atoms with van der Waals surface area (Å²) in [4.78, 5) is 4.14. The van der Waals surface area contributed by atoms with E-state index in [1.165, 1.54) is 31.2 Å². The molecule has 1 aliphatic carbocycles.